The van der Waals surface area contributed by atoms with Gasteiger partial charge in [-0.3, -0.25) is 4.79 Å². The average molecular weight is 507 g/mol. The molecule has 4 nitrogen and oxygen atoms in total. The van der Waals surface area contributed by atoms with Gasteiger partial charge in [-0.1, -0.05) is 113 Å². The molecule has 1 N–H and O–H groups in total. The number of nitrogens with one attached hydrogen (secondary N) is 1. The van der Waals surface area contributed by atoms with Gasteiger partial charge in [0.05, 0.1) is 0 Å². The predicted octanol–water partition coefficient (Wildman–Crippen LogP) is 8.15. The van der Waals surface area contributed by atoms with Crippen LogP contribution in [0, 0.1) is 0 Å². The van der Waals surface area contributed by atoms with Crippen LogP contribution >= 0.6 is 21.6 Å². The van der Waals surface area contributed by atoms with Gasteiger partial charge in [-0.05, 0) is 40.3 Å². The number of unbranched alkanes of at least 4 members (excludes halogenated alkanes) is 11. The minimum atomic E-state index is 0.371. The van der Waals surface area contributed by atoms with Crippen LogP contribution in [0.5, 0.6) is 0 Å². The molecule has 0 spiro atoms. The van der Waals surface area contributed by atoms with Gasteiger partial charge in [0.2, 0.25) is 5.91 Å². The van der Waals surface area contributed by atoms with E-state index in [-0.39, 0.29) is 0 Å². The van der Waals surface area contributed by atoms with E-state index >= 15 is 0 Å². The lowest BCUT2D eigenvalue weighted by Gasteiger charge is -2.22. The quantitative estimate of drug-likeness (QED) is 0.0966. The first-order valence-corrected chi connectivity index (χ1v) is 16.1. The van der Waals surface area contributed by atoms with Gasteiger partial charge in [0.1, 0.15) is 6.29 Å². The van der Waals surface area contributed by atoms with E-state index in [1.54, 1.807) is 0 Å². The van der Waals surface area contributed by atoms with Crippen molar-refractivity contribution < 1.29 is 9.59 Å². The third kappa shape index (κ3) is 36.5. The molecule has 6 heteroatoms. The molecule has 0 rings (SSSR count). The van der Waals surface area contributed by atoms with Crippen LogP contribution < -0.4 is 5.32 Å². The maximum absolute atomic E-state index is 12.5. The minimum absolute atomic E-state index is 0.371. The molecule has 200 valence electrons. The maximum atomic E-state index is 12.5. The Morgan fingerprint density at radius 1 is 0.697 bits per heavy atom. The fourth-order valence-electron chi connectivity index (χ4n) is 3.24. The highest BCUT2D eigenvalue weighted by Crippen LogP contribution is 2.24. The first-order chi connectivity index (χ1) is 16.1. The van der Waals surface area contributed by atoms with Gasteiger partial charge < -0.3 is 15.0 Å². The van der Waals surface area contributed by atoms with Gasteiger partial charge in [-0.25, -0.2) is 0 Å². The predicted molar refractivity (Wildman–Crippen MR) is 154 cm³/mol. The lowest BCUT2D eigenvalue weighted by molar-refractivity contribution is -0.130. The summed E-state index contributed by atoms with van der Waals surface area (Å²) in [6.45, 7) is 10.1. The number of hydrogen-bond donors (Lipinski definition) is 1. The van der Waals surface area contributed by atoms with Gasteiger partial charge >= 0.3 is 0 Å². The van der Waals surface area contributed by atoms with Crippen molar-refractivity contribution in [2.45, 2.75) is 124 Å². The molecule has 0 unspecified atom stereocenters. The molecule has 0 heterocycles. The molecule has 1 amide bonds. The van der Waals surface area contributed by atoms with E-state index in [1.807, 2.05) is 35.7 Å². The van der Waals surface area contributed by atoms with Crippen LogP contribution in [-0.4, -0.2) is 55.8 Å². The fraction of sp³-hybridized carbons (Fsp3) is 0.926. The molecule has 0 saturated carbocycles. The molecular weight excluding hydrogens is 448 g/mol. The molecule has 0 aliphatic carbocycles. The maximum Gasteiger partial charge on any atom is 0.223 e. The molecule has 0 atom stereocenters. The largest absolute Gasteiger partial charge is 0.343 e. The van der Waals surface area contributed by atoms with Crippen LogP contribution in [0.2, 0.25) is 0 Å². The zero-order valence-corrected chi connectivity index (χ0v) is 24.7. The Hall–Kier alpha value is -0.200. The van der Waals surface area contributed by atoms with Crippen LogP contribution in [-0.2, 0) is 9.59 Å². The highest BCUT2D eigenvalue weighted by atomic mass is 33.1. The molecule has 0 bridgehead atoms. The smallest absolute Gasteiger partial charge is 0.223 e. The third-order valence-electron chi connectivity index (χ3n) is 4.94. The second kappa shape index (κ2) is 36.4. The van der Waals surface area contributed by atoms with Gasteiger partial charge in [0, 0.05) is 31.0 Å². The molecule has 0 aliphatic heterocycles. The van der Waals surface area contributed by atoms with Gasteiger partial charge in [0.15, 0.2) is 0 Å². The fourth-order valence-corrected chi connectivity index (χ4v) is 5.36. The number of carbonyl (C=O) groups excluding carboxylic acids is 2. The molecule has 33 heavy (non-hydrogen) atoms. The van der Waals surface area contributed by atoms with E-state index in [1.165, 1.54) is 96.1 Å². The van der Waals surface area contributed by atoms with Crippen molar-refractivity contribution in [1.29, 1.82) is 0 Å². The summed E-state index contributed by atoms with van der Waals surface area (Å²) in [5, 5.41) is 2.75. The molecule has 0 fully saturated rings. The first-order valence-electron chi connectivity index (χ1n) is 13.6. The Kier molecular flexibility index (Phi) is 41.2. The Labute approximate surface area is 216 Å². The SMILES string of the molecule is CC=O.CCCCCCCCCN(CCC)C(=O)CCSSCCCCCCCC.CNC. The number of carbonyl (C=O) groups is 2. The second-order valence-electron chi connectivity index (χ2n) is 8.40. The van der Waals surface area contributed by atoms with E-state index < -0.39 is 0 Å². The highest BCUT2D eigenvalue weighted by Gasteiger charge is 2.11. The first kappa shape index (κ1) is 37.4. The van der Waals surface area contributed by atoms with E-state index in [4.69, 9.17) is 4.79 Å². The lowest BCUT2D eigenvalue weighted by atomic mass is 10.1. The standard InChI is InChI=1S/C23H47NOS2.C2H7N.C2H4O/c1-4-7-9-11-13-14-16-20-24(19-6-3)23(25)18-22-27-26-21-17-15-12-10-8-5-2;1-3-2;1-2-3/h4-22H2,1-3H3;3H,1-2H3;2H,1H3. The topological polar surface area (TPSA) is 49.4 Å². The van der Waals surface area contributed by atoms with Crippen molar-refractivity contribution >= 4 is 33.8 Å². The molecule has 0 aromatic heterocycles. The summed E-state index contributed by atoms with van der Waals surface area (Å²) in [5.74, 6) is 2.58. The van der Waals surface area contributed by atoms with Crippen LogP contribution in [0.4, 0.5) is 0 Å². The van der Waals surface area contributed by atoms with Gasteiger partial charge in [-0.15, -0.1) is 0 Å². The normalized spacial score (nSPS) is 10.0. The number of amides is 1. The summed E-state index contributed by atoms with van der Waals surface area (Å²) in [5.41, 5.74) is 0. The molecule has 0 aromatic carbocycles. The zero-order chi connectivity index (χ0) is 25.4. The van der Waals surface area contributed by atoms with Crippen molar-refractivity contribution in [1.82, 2.24) is 10.2 Å². The summed E-state index contributed by atoms with van der Waals surface area (Å²) in [7, 11) is 7.60. The molecule has 0 radical (unpaired) electrons. The Bertz CT molecular complexity index is 372. The van der Waals surface area contributed by atoms with Crippen molar-refractivity contribution in [3.63, 3.8) is 0 Å². The summed E-state index contributed by atoms with van der Waals surface area (Å²) in [6, 6.07) is 0. The lowest BCUT2D eigenvalue weighted by Crippen LogP contribution is -2.32. The number of hydrogen-bond acceptors (Lipinski definition) is 5. The van der Waals surface area contributed by atoms with Crippen molar-refractivity contribution in [2.75, 3.05) is 38.7 Å². The van der Waals surface area contributed by atoms with Gasteiger partial charge in [-0.2, -0.15) is 0 Å². The van der Waals surface area contributed by atoms with Crippen molar-refractivity contribution in [3.05, 3.63) is 0 Å². The Morgan fingerprint density at radius 2 is 1.12 bits per heavy atom. The summed E-state index contributed by atoms with van der Waals surface area (Å²) >= 11 is 0. The highest BCUT2D eigenvalue weighted by molar-refractivity contribution is 8.76. The summed E-state index contributed by atoms with van der Waals surface area (Å²) in [6.07, 6.45) is 19.9. The molecular formula is C27H58N2O2S2. The molecule has 0 aliphatic rings. The van der Waals surface area contributed by atoms with E-state index in [9.17, 15) is 4.79 Å². The Morgan fingerprint density at radius 3 is 1.61 bits per heavy atom. The Balaban J connectivity index is -0.00000134. The number of nitrogens with zero attached hydrogens (tertiary/aromatic N) is 1. The van der Waals surface area contributed by atoms with Crippen LogP contribution in [0.15, 0.2) is 0 Å². The van der Waals surface area contributed by atoms with Crippen LogP contribution in [0.25, 0.3) is 0 Å². The van der Waals surface area contributed by atoms with Gasteiger partial charge in [0.25, 0.3) is 0 Å². The van der Waals surface area contributed by atoms with E-state index in [2.05, 4.69) is 31.0 Å². The van der Waals surface area contributed by atoms with Crippen molar-refractivity contribution in [3.8, 4) is 0 Å². The molecule has 0 aromatic rings. The molecule has 0 saturated heterocycles. The number of rotatable bonds is 21. The van der Waals surface area contributed by atoms with E-state index in [0.29, 0.717) is 12.3 Å². The van der Waals surface area contributed by atoms with Crippen LogP contribution in [0.1, 0.15) is 124 Å². The summed E-state index contributed by atoms with van der Waals surface area (Å²) < 4.78 is 0. The summed E-state index contributed by atoms with van der Waals surface area (Å²) in [4.78, 5) is 23.4. The van der Waals surface area contributed by atoms with E-state index in [0.717, 1.165) is 31.5 Å². The second-order valence-corrected chi connectivity index (χ2v) is 11.1. The minimum Gasteiger partial charge on any atom is -0.343 e. The third-order valence-corrected chi connectivity index (χ3v) is 7.43. The van der Waals surface area contributed by atoms with Crippen LogP contribution in [0.3, 0.4) is 0 Å². The van der Waals surface area contributed by atoms with Crippen molar-refractivity contribution in [2.24, 2.45) is 0 Å². The monoisotopic (exact) mass is 506 g/mol. The zero-order valence-electron chi connectivity index (χ0n) is 23.1. The average Bonchev–Trinajstić information content (AvgIpc) is 2.80. The number of aldehydes is 1.